The van der Waals surface area contributed by atoms with Crippen LogP contribution >= 0.6 is 22.9 Å². The van der Waals surface area contributed by atoms with E-state index in [0.29, 0.717) is 6.54 Å². The van der Waals surface area contributed by atoms with Gasteiger partial charge in [0, 0.05) is 35.0 Å². The molecule has 1 aliphatic rings. The molecule has 8 heteroatoms. The number of rotatable bonds is 1. The molecule has 1 aliphatic heterocycles. The van der Waals surface area contributed by atoms with Gasteiger partial charge in [-0.25, -0.2) is 0 Å². The summed E-state index contributed by atoms with van der Waals surface area (Å²) >= 11 is 7.80. The minimum Gasteiger partial charge on any atom is -0.359 e. The second-order valence-electron chi connectivity index (χ2n) is 7.15. The predicted molar refractivity (Wildman–Crippen MR) is 130 cm³/mol. The lowest BCUT2D eigenvalue weighted by atomic mass is 10.00. The van der Waals surface area contributed by atoms with Crippen molar-refractivity contribution in [2.24, 2.45) is 4.99 Å². The molecule has 166 valence electrons. The first kappa shape index (κ1) is 24.8. The Morgan fingerprint density at radius 2 is 1.74 bits per heavy atom. The minimum atomic E-state index is 0.00463. The fourth-order valence-corrected chi connectivity index (χ4v) is 4.24. The van der Waals surface area contributed by atoms with Gasteiger partial charge in [-0.1, -0.05) is 44.0 Å². The van der Waals surface area contributed by atoms with Gasteiger partial charge in [0.1, 0.15) is 17.4 Å². The summed E-state index contributed by atoms with van der Waals surface area (Å²) in [6.45, 7) is 12.5. The normalized spacial score (nSPS) is 11.5. The van der Waals surface area contributed by atoms with Gasteiger partial charge in [0.15, 0.2) is 5.82 Å². The zero-order chi connectivity index (χ0) is 23.1. The molecule has 1 amide bonds. The molecule has 0 radical (unpaired) electrons. The average molecular weight is 460 g/mol. The number of carbonyl (C=O) groups excluding carboxylic acids is 1. The highest BCUT2D eigenvalue weighted by atomic mass is 35.5. The Labute approximate surface area is 193 Å². The van der Waals surface area contributed by atoms with Gasteiger partial charge in [0.05, 0.1) is 5.71 Å². The number of halogens is 1. The first-order chi connectivity index (χ1) is 14.7. The summed E-state index contributed by atoms with van der Waals surface area (Å²) in [5.74, 6) is 1.79. The topological polar surface area (TPSA) is 72.2 Å². The number of nitrogens with one attached hydrogen (secondary N) is 1. The molecule has 0 unspecified atom stereocenters. The van der Waals surface area contributed by atoms with Gasteiger partial charge in [-0.15, -0.1) is 21.5 Å². The van der Waals surface area contributed by atoms with Crippen LogP contribution in [-0.2, 0) is 11.3 Å². The van der Waals surface area contributed by atoms with Crippen LogP contribution in [0.15, 0.2) is 29.3 Å². The van der Waals surface area contributed by atoms with Gasteiger partial charge in [-0.05, 0) is 38.5 Å². The number of hydrogen-bond acceptors (Lipinski definition) is 5. The number of aryl methyl sites for hydroxylation is 2. The van der Waals surface area contributed by atoms with Crippen molar-refractivity contribution < 1.29 is 4.79 Å². The first-order valence-corrected chi connectivity index (χ1v) is 11.4. The predicted octanol–water partition coefficient (Wildman–Crippen LogP) is 5.43. The van der Waals surface area contributed by atoms with Crippen LogP contribution in [0.1, 0.15) is 60.4 Å². The standard InChI is InChI=1S/C17H15ClN4S.C3H7NO.C3H8/c1-9-10(2)23-17-15(9)16(12-4-6-13(18)7-5-12)19-8-14-21-20-11(3)22(14)17;1-3(5)4-2;1-3-2/h4-7H,8H2,1-3H3;1-2H3,(H,4,5);3H2,1-2H3. The van der Waals surface area contributed by atoms with E-state index in [2.05, 4.69) is 47.8 Å². The second-order valence-corrected chi connectivity index (χ2v) is 8.79. The van der Waals surface area contributed by atoms with Crippen molar-refractivity contribution in [1.82, 2.24) is 20.1 Å². The monoisotopic (exact) mass is 459 g/mol. The maximum atomic E-state index is 9.70. The molecule has 4 rings (SSSR count). The number of fused-ring (bicyclic) bond motifs is 3. The third-order valence-electron chi connectivity index (χ3n) is 4.55. The van der Waals surface area contributed by atoms with Gasteiger partial charge >= 0.3 is 0 Å². The number of aliphatic imine (C=N–C) groups is 1. The Morgan fingerprint density at radius 1 is 1.16 bits per heavy atom. The molecule has 0 bridgehead atoms. The SMILES string of the molecule is CCC.CNC(C)=O.Cc1sc2c(c1C)C(c1ccc(Cl)cc1)=NCc1nnc(C)n1-2. The molecule has 0 fully saturated rings. The lowest BCUT2D eigenvalue weighted by Crippen LogP contribution is -2.11. The van der Waals surface area contributed by atoms with Crippen LogP contribution in [0.5, 0.6) is 0 Å². The smallest absolute Gasteiger partial charge is 0.216 e. The summed E-state index contributed by atoms with van der Waals surface area (Å²) in [6.07, 6.45) is 1.25. The molecule has 0 aliphatic carbocycles. The number of amides is 1. The Bertz CT molecular complexity index is 1070. The maximum absolute atomic E-state index is 9.70. The second kappa shape index (κ2) is 11.2. The van der Waals surface area contributed by atoms with Gasteiger partial charge in [-0.3, -0.25) is 14.4 Å². The fourth-order valence-electron chi connectivity index (χ4n) is 2.89. The zero-order valence-electron chi connectivity index (χ0n) is 19.2. The van der Waals surface area contributed by atoms with Gasteiger partial charge in [-0.2, -0.15) is 0 Å². The largest absolute Gasteiger partial charge is 0.359 e. The van der Waals surface area contributed by atoms with Crippen LogP contribution in [-0.4, -0.2) is 33.4 Å². The Hall–Kier alpha value is -2.51. The van der Waals surface area contributed by atoms with E-state index in [9.17, 15) is 4.79 Å². The highest BCUT2D eigenvalue weighted by Gasteiger charge is 2.26. The molecule has 6 nitrogen and oxygen atoms in total. The number of aromatic nitrogens is 3. The number of nitrogens with zero attached hydrogens (tertiary/aromatic N) is 4. The van der Waals surface area contributed by atoms with Gasteiger partial charge < -0.3 is 5.32 Å². The maximum Gasteiger partial charge on any atom is 0.216 e. The summed E-state index contributed by atoms with van der Waals surface area (Å²) in [6, 6.07) is 7.86. The molecule has 3 heterocycles. The van der Waals surface area contributed by atoms with Crippen LogP contribution in [0.25, 0.3) is 5.00 Å². The molecule has 3 aromatic rings. The third kappa shape index (κ3) is 5.80. The lowest BCUT2D eigenvalue weighted by molar-refractivity contribution is -0.118. The molecular weight excluding hydrogens is 430 g/mol. The van der Waals surface area contributed by atoms with Crippen molar-refractivity contribution >= 4 is 34.6 Å². The molecule has 1 N–H and O–H groups in total. The van der Waals surface area contributed by atoms with Crippen molar-refractivity contribution in [2.75, 3.05) is 7.05 Å². The molecule has 2 aromatic heterocycles. The van der Waals surface area contributed by atoms with E-state index in [-0.39, 0.29) is 5.91 Å². The molecule has 1 aromatic carbocycles. The number of benzene rings is 1. The van der Waals surface area contributed by atoms with Crippen LogP contribution in [0, 0.1) is 20.8 Å². The van der Waals surface area contributed by atoms with E-state index in [1.165, 1.54) is 29.3 Å². The number of carbonyl (C=O) groups is 1. The van der Waals surface area contributed by atoms with E-state index in [4.69, 9.17) is 16.6 Å². The van der Waals surface area contributed by atoms with Crippen molar-refractivity contribution in [2.45, 2.75) is 54.5 Å². The quantitative estimate of drug-likeness (QED) is 0.527. The van der Waals surface area contributed by atoms with Gasteiger partial charge in [0.2, 0.25) is 5.91 Å². The Morgan fingerprint density at radius 3 is 2.29 bits per heavy atom. The van der Waals surface area contributed by atoms with E-state index in [0.717, 1.165) is 32.9 Å². The van der Waals surface area contributed by atoms with Crippen molar-refractivity contribution in [3.8, 4) is 5.00 Å². The highest BCUT2D eigenvalue weighted by Crippen LogP contribution is 2.36. The van der Waals surface area contributed by atoms with Crippen molar-refractivity contribution in [1.29, 1.82) is 0 Å². The first-order valence-electron chi connectivity index (χ1n) is 10.2. The van der Waals surface area contributed by atoms with Crippen molar-refractivity contribution in [3.05, 3.63) is 62.5 Å². The summed E-state index contributed by atoms with van der Waals surface area (Å²) in [7, 11) is 1.60. The third-order valence-corrected chi connectivity index (χ3v) is 5.99. The summed E-state index contributed by atoms with van der Waals surface area (Å²) in [5, 5.41) is 12.8. The summed E-state index contributed by atoms with van der Waals surface area (Å²) < 4.78 is 2.13. The fraction of sp³-hybridized carbons (Fsp3) is 0.391. The lowest BCUT2D eigenvalue weighted by Gasteiger charge is -2.09. The number of thiophene rings is 1. The Kier molecular flexibility index (Phi) is 8.95. The molecule has 31 heavy (non-hydrogen) atoms. The minimum absolute atomic E-state index is 0.00463. The zero-order valence-corrected chi connectivity index (χ0v) is 20.8. The highest BCUT2D eigenvalue weighted by molar-refractivity contribution is 7.15. The summed E-state index contributed by atoms with van der Waals surface area (Å²) in [5.41, 5.74) is 4.52. The van der Waals surface area contributed by atoms with E-state index < -0.39 is 0 Å². The van der Waals surface area contributed by atoms with Gasteiger partial charge in [0.25, 0.3) is 0 Å². The van der Waals surface area contributed by atoms with E-state index in [1.54, 1.807) is 18.4 Å². The van der Waals surface area contributed by atoms with Crippen LogP contribution in [0.3, 0.4) is 0 Å². The Balaban J connectivity index is 0.000000371. The van der Waals surface area contributed by atoms with E-state index in [1.807, 2.05) is 31.2 Å². The molecular formula is C23H30ClN5OS. The molecule has 0 saturated heterocycles. The number of hydrogen-bond donors (Lipinski definition) is 1. The van der Waals surface area contributed by atoms with Crippen molar-refractivity contribution in [3.63, 3.8) is 0 Å². The van der Waals surface area contributed by atoms with Crippen LogP contribution in [0.2, 0.25) is 5.02 Å². The molecule has 0 spiro atoms. The average Bonchev–Trinajstić information content (AvgIpc) is 3.18. The van der Waals surface area contributed by atoms with Crippen LogP contribution in [0.4, 0.5) is 0 Å². The molecule has 0 atom stereocenters. The van der Waals surface area contributed by atoms with Crippen LogP contribution < -0.4 is 5.32 Å². The summed E-state index contributed by atoms with van der Waals surface area (Å²) in [4.78, 5) is 15.8. The molecule has 0 saturated carbocycles. The van der Waals surface area contributed by atoms with E-state index >= 15 is 0 Å².